The van der Waals surface area contributed by atoms with Gasteiger partial charge < -0.3 is 19.4 Å². The fourth-order valence-electron chi connectivity index (χ4n) is 9.26. The molecule has 0 rings (SSSR count). The zero-order chi connectivity index (χ0) is 55.0. The average Bonchev–Trinajstić information content (AvgIpc) is 3.37. The third-order valence-electron chi connectivity index (χ3n) is 14.2. The molecule has 0 fully saturated rings. The fourth-order valence-corrected chi connectivity index (χ4v) is 10.00. The van der Waals surface area contributed by atoms with Gasteiger partial charge in [0.15, 0.2) is 0 Å². The number of quaternary nitrogens is 1. The number of amides is 1. The number of phosphoric ester groups is 1. The van der Waals surface area contributed by atoms with Gasteiger partial charge in [-0.15, -0.1) is 0 Å². The lowest BCUT2D eigenvalue weighted by molar-refractivity contribution is -0.870. The highest BCUT2D eigenvalue weighted by atomic mass is 31.2. The van der Waals surface area contributed by atoms with Gasteiger partial charge in [0.2, 0.25) is 5.91 Å². The van der Waals surface area contributed by atoms with Crippen LogP contribution in [0.3, 0.4) is 0 Å². The molecule has 1 amide bonds. The molecule has 2 N–H and O–H groups in total. The van der Waals surface area contributed by atoms with E-state index in [1.165, 1.54) is 193 Å². The third kappa shape index (κ3) is 56.5. The van der Waals surface area contributed by atoms with Gasteiger partial charge in [-0.05, 0) is 89.5 Å². The molecule has 0 saturated carbocycles. The van der Waals surface area contributed by atoms with Gasteiger partial charge in [-0.3, -0.25) is 18.6 Å². The number of rotatable bonds is 58. The average molecular weight is 1080 g/mol. The Bertz CT molecular complexity index is 1420. The van der Waals surface area contributed by atoms with E-state index in [1.54, 1.807) is 0 Å². The second-order valence-electron chi connectivity index (χ2n) is 22.9. The van der Waals surface area contributed by atoms with E-state index >= 15 is 0 Å². The molecule has 3 unspecified atom stereocenters. The van der Waals surface area contributed by atoms with Crippen LogP contribution in [0.25, 0.3) is 0 Å². The molecular formula is C65H124N2O7P+. The minimum atomic E-state index is -4.45. The van der Waals surface area contributed by atoms with Crippen LogP contribution in [0, 0.1) is 0 Å². The van der Waals surface area contributed by atoms with Gasteiger partial charge in [0.05, 0.1) is 33.8 Å². The summed E-state index contributed by atoms with van der Waals surface area (Å²) in [6.45, 7) is 7.00. The van der Waals surface area contributed by atoms with Gasteiger partial charge in [-0.2, -0.15) is 0 Å². The lowest BCUT2D eigenvalue weighted by Crippen LogP contribution is -2.47. The summed E-state index contributed by atoms with van der Waals surface area (Å²) in [5, 5.41) is 3.05. The normalized spacial score (nSPS) is 14.0. The Morgan fingerprint density at radius 1 is 0.467 bits per heavy atom. The first-order valence-electron chi connectivity index (χ1n) is 32.0. The van der Waals surface area contributed by atoms with Crippen LogP contribution in [0.15, 0.2) is 48.6 Å². The minimum absolute atomic E-state index is 0.0389. The monoisotopic (exact) mass is 1080 g/mol. The lowest BCUT2D eigenvalue weighted by atomic mass is 10.0. The molecule has 0 aromatic rings. The van der Waals surface area contributed by atoms with Crippen LogP contribution >= 0.6 is 7.82 Å². The van der Waals surface area contributed by atoms with Crippen molar-refractivity contribution in [2.45, 2.75) is 315 Å². The SMILES string of the molecule is CCCCC/C=C\C/C=C\CCCCCCCCCC(=O)NC(COP(=O)(O)OCC[N+](C)(C)C)C(/C=C/CCCCCCCCCCC)OC(=O)CCCCCCCCCCCCC/C=C/CCCCCCCC. The summed E-state index contributed by atoms with van der Waals surface area (Å²) in [5.41, 5.74) is 0. The molecule has 9 nitrogen and oxygen atoms in total. The van der Waals surface area contributed by atoms with Crippen molar-refractivity contribution in [3.8, 4) is 0 Å². The maximum atomic E-state index is 13.5. The Morgan fingerprint density at radius 3 is 1.24 bits per heavy atom. The molecule has 0 spiro atoms. The molecule has 0 radical (unpaired) electrons. The zero-order valence-electron chi connectivity index (χ0n) is 50.3. The molecule has 10 heteroatoms. The largest absolute Gasteiger partial charge is 0.472 e. The molecule has 0 aromatic heterocycles. The smallest absolute Gasteiger partial charge is 0.456 e. The van der Waals surface area contributed by atoms with Crippen molar-refractivity contribution in [2.75, 3.05) is 40.9 Å². The number of nitrogens with one attached hydrogen (secondary N) is 1. The fraction of sp³-hybridized carbons (Fsp3) is 0.846. The van der Waals surface area contributed by atoms with Gasteiger partial charge in [-0.1, -0.05) is 250 Å². The van der Waals surface area contributed by atoms with Crippen LogP contribution in [0.1, 0.15) is 303 Å². The van der Waals surface area contributed by atoms with E-state index in [0.29, 0.717) is 23.9 Å². The van der Waals surface area contributed by atoms with Crippen LogP contribution in [-0.4, -0.2) is 74.3 Å². The van der Waals surface area contributed by atoms with Gasteiger partial charge in [0.1, 0.15) is 19.3 Å². The van der Waals surface area contributed by atoms with E-state index in [-0.39, 0.29) is 25.1 Å². The van der Waals surface area contributed by atoms with E-state index in [0.717, 1.165) is 77.0 Å². The first-order chi connectivity index (χ1) is 36.4. The molecule has 0 aliphatic rings. The number of likely N-dealkylation sites (N-methyl/N-ethyl adjacent to an activating group) is 1. The van der Waals surface area contributed by atoms with E-state index < -0.39 is 20.0 Å². The number of carbonyl (C=O) groups is 2. The van der Waals surface area contributed by atoms with Gasteiger partial charge >= 0.3 is 13.8 Å². The third-order valence-corrected chi connectivity index (χ3v) is 15.2. The van der Waals surface area contributed by atoms with Crippen molar-refractivity contribution < 1.29 is 37.3 Å². The minimum Gasteiger partial charge on any atom is -0.456 e. The Kier molecular flexibility index (Phi) is 53.8. The van der Waals surface area contributed by atoms with Gasteiger partial charge in [0.25, 0.3) is 0 Å². The van der Waals surface area contributed by atoms with Crippen LogP contribution in [0.2, 0.25) is 0 Å². The number of ether oxygens (including phenoxy) is 1. The Morgan fingerprint density at radius 2 is 0.813 bits per heavy atom. The summed E-state index contributed by atoms with van der Waals surface area (Å²) < 4.78 is 30.7. The van der Waals surface area contributed by atoms with Gasteiger partial charge in [-0.25, -0.2) is 4.57 Å². The number of unbranched alkanes of at least 4 members (excludes halogenated alkanes) is 36. The Balaban J connectivity index is 5.17. The summed E-state index contributed by atoms with van der Waals surface area (Å²) in [6, 6.07) is -0.851. The lowest BCUT2D eigenvalue weighted by Gasteiger charge is -2.27. The molecule has 0 bridgehead atoms. The van der Waals surface area contributed by atoms with Gasteiger partial charge in [0, 0.05) is 12.8 Å². The number of esters is 1. The quantitative estimate of drug-likeness (QED) is 0.0205. The predicted molar refractivity (Wildman–Crippen MR) is 323 cm³/mol. The topological polar surface area (TPSA) is 111 Å². The zero-order valence-corrected chi connectivity index (χ0v) is 51.2. The predicted octanol–water partition coefficient (Wildman–Crippen LogP) is 19.7. The molecule has 0 saturated heterocycles. The molecule has 0 heterocycles. The molecule has 75 heavy (non-hydrogen) atoms. The second-order valence-corrected chi connectivity index (χ2v) is 24.4. The summed E-state index contributed by atoms with van der Waals surface area (Å²) in [5.74, 6) is -0.506. The van der Waals surface area contributed by atoms with Crippen LogP contribution < -0.4 is 5.32 Å². The van der Waals surface area contributed by atoms with Crippen LogP contribution in [-0.2, 0) is 27.9 Å². The summed E-state index contributed by atoms with van der Waals surface area (Å²) in [7, 11) is 1.50. The van der Waals surface area contributed by atoms with E-state index in [2.05, 4.69) is 62.5 Å². The summed E-state index contributed by atoms with van der Waals surface area (Å²) in [6.07, 6.45) is 68.2. The number of phosphoric acid groups is 1. The highest BCUT2D eigenvalue weighted by Gasteiger charge is 2.30. The number of allylic oxidation sites excluding steroid dienone is 7. The molecule has 440 valence electrons. The molecule has 0 aromatic carbocycles. The molecular weight excluding hydrogens is 952 g/mol. The number of carbonyl (C=O) groups excluding carboxylic acids is 2. The summed E-state index contributed by atoms with van der Waals surface area (Å²) >= 11 is 0. The Labute approximate surface area is 465 Å². The highest BCUT2D eigenvalue weighted by Crippen LogP contribution is 2.43. The standard InChI is InChI=1S/C65H123N2O7P/c1-7-10-13-16-19-22-25-27-29-31-32-33-34-36-38-40-43-46-49-52-55-58-65(69)74-63(56-53-50-47-44-41-24-21-18-15-12-9-3)62(61-73-75(70,71)72-60-59-67(4,5)6)66-64(68)57-54-51-48-45-42-39-37-35-30-28-26-23-20-17-14-11-8-2/h20,23,27-30,53,56,62-63H,7-19,21-22,24-26,31-52,54-55,57-61H2,1-6H3,(H-,66,68,70,71)/p+1/b23-20-,29-27+,30-28-,56-53+. The maximum Gasteiger partial charge on any atom is 0.472 e. The van der Waals surface area contributed by atoms with Crippen molar-refractivity contribution in [1.82, 2.24) is 5.32 Å². The molecule has 0 aliphatic carbocycles. The first kappa shape index (κ1) is 73.0. The number of hydrogen-bond acceptors (Lipinski definition) is 6. The van der Waals surface area contributed by atoms with Crippen molar-refractivity contribution in [3.05, 3.63) is 48.6 Å². The van der Waals surface area contributed by atoms with Crippen LogP contribution in [0.4, 0.5) is 0 Å². The molecule has 0 aliphatic heterocycles. The molecule has 3 atom stereocenters. The van der Waals surface area contributed by atoms with Crippen molar-refractivity contribution >= 4 is 19.7 Å². The maximum absolute atomic E-state index is 13.5. The van der Waals surface area contributed by atoms with E-state index in [4.69, 9.17) is 13.8 Å². The van der Waals surface area contributed by atoms with E-state index in [1.807, 2.05) is 33.3 Å². The summed E-state index contributed by atoms with van der Waals surface area (Å²) in [4.78, 5) is 37.7. The van der Waals surface area contributed by atoms with Crippen molar-refractivity contribution in [3.63, 3.8) is 0 Å². The van der Waals surface area contributed by atoms with E-state index in [9.17, 15) is 19.0 Å². The number of hydrogen-bond donors (Lipinski definition) is 2. The second kappa shape index (κ2) is 55.3. The van der Waals surface area contributed by atoms with Crippen molar-refractivity contribution in [2.24, 2.45) is 0 Å². The van der Waals surface area contributed by atoms with Crippen LogP contribution in [0.5, 0.6) is 0 Å². The Hall–Kier alpha value is -2.03. The highest BCUT2D eigenvalue weighted by molar-refractivity contribution is 7.47. The van der Waals surface area contributed by atoms with Crippen molar-refractivity contribution in [1.29, 1.82) is 0 Å². The first-order valence-corrected chi connectivity index (χ1v) is 33.5. The number of nitrogens with zero attached hydrogens (tertiary/aromatic N) is 1.